The van der Waals surface area contributed by atoms with Crippen LogP contribution in [0.25, 0.3) is 0 Å². The zero-order valence-corrected chi connectivity index (χ0v) is 15.6. The number of allylic oxidation sites excluding steroid dienone is 8. The van der Waals surface area contributed by atoms with Gasteiger partial charge in [-0.1, -0.05) is 100 Å². The van der Waals surface area contributed by atoms with Crippen molar-refractivity contribution in [1.82, 2.24) is 0 Å². The molecule has 130 valence electrons. The first-order valence-corrected chi connectivity index (χ1v) is 9.59. The minimum Gasteiger partial charge on any atom is -0.515 e. The molecule has 0 aliphatic carbocycles. The van der Waals surface area contributed by atoms with Crippen LogP contribution in [0.1, 0.15) is 64.7 Å². The molecule has 0 heterocycles. The monoisotopic (exact) mass is 334 g/mol. The largest absolute Gasteiger partial charge is 0.515 e. The van der Waals surface area contributed by atoms with Crippen molar-refractivity contribution in [3.05, 3.63) is 60.4 Å². The van der Waals surface area contributed by atoms with Crippen LogP contribution in [0.3, 0.4) is 0 Å². The second-order valence-electron chi connectivity index (χ2n) is 5.68. The Morgan fingerprint density at radius 1 is 0.783 bits per heavy atom. The van der Waals surface area contributed by atoms with Gasteiger partial charge >= 0.3 is 0 Å². The van der Waals surface area contributed by atoms with E-state index in [-0.39, 0.29) is 0 Å². The smallest absolute Gasteiger partial charge is 0.0831 e. The fourth-order valence-electron chi connectivity index (χ4n) is 2.14. The molecule has 2 heteroatoms. The van der Waals surface area contributed by atoms with Crippen LogP contribution in [0.2, 0.25) is 0 Å². The molecule has 0 unspecified atom stereocenters. The van der Waals surface area contributed by atoms with Gasteiger partial charge in [0.1, 0.15) is 0 Å². The van der Waals surface area contributed by atoms with Crippen molar-refractivity contribution >= 4 is 12.6 Å². The summed E-state index contributed by atoms with van der Waals surface area (Å²) < 4.78 is 0. The summed E-state index contributed by atoms with van der Waals surface area (Å²) in [6, 6.07) is 0. The van der Waals surface area contributed by atoms with E-state index in [4.69, 9.17) is 5.11 Å². The van der Waals surface area contributed by atoms with Gasteiger partial charge in [-0.25, -0.2) is 0 Å². The predicted octanol–water partition coefficient (Wildman–Crippen LogP) is 7.11. The van der Waals surface area contributed by atoms with Crippen molar-refractivity contribution in [3.8, 4) is 0 Å². The summed E-state index contributed by atoms with van der Waals surface area (Å²) in [6.07, 6.45) is 29.3. The fourth-order valence-corrected chi connectivity index (χ4v) is 2.33. The Balaban J connectivity index is 3.52. The first-order valence-electron chi connectivity index (χ1n) is 8.95. The van der Waals surface area contributed by atoms with E-state index in [1.54, 1.807) is 0 Å². The Morgan fingerprint density at radius 3 is 1.96 bits per heavy atom. The molecular formula is C21H34OS. The van der Waals surface area contributed by atoms with Crippen LogP contribution < -0.4 is 0 Å². The van der Waals surface area contributed by atoms with Gasteiger partial charge in [0.15, 0.2) is 0 Å². The summed E-state index contributed by atoms with van der Waals surface area (Å²) in [5.41, 5.74) is 0.798. The van der Waals surface area contributed by atoms with Crippen molar-refractivity contribution in [2.45, 2.75) is 64.7 Å². The highest BCUT2D eigenvalue weighted by molar-refractivity contribution is 7.80. The molecular weight excluding hydrogens is 300 g/mol. The molecule has 0 spiro atoms. The van der Waals surface area contributed by atoms with Crippen LogP contribution >= 0.6 is 12.6 Å². The van der Waals surface area contributed by atoms with Crippen LogP contribution in [0.4, 0.5) is 0 Å². The number of aliphatic hydroxyl groups is 1. The molecule has 1 nitrogen and oxygen atoms in total. The zero-order chi connectivity index (χ0) is 17.0. The lowest BCUT2D eigenvalue weighted by molar-refractivity contribution is 0.469. The van der Waals surface area contributed by atoms with E-state index in [0.717, 1.165) is 11.8 Å². The molecule has 0 saturated carbocycles. The normalized spacial score (nSPS) is 13.4. The number of unbranched alkanes of at least 4 members (excludes halogenated alkanes) is 8. The Kier molecular flexibility index (Phi) is 18.0. The van der Waals surface area contributed by atoms with E-state index in [1.165, 1.54) is 57.8 Å². The number of rotatable bonds is 14. The highest BCUT2D eigenvalue weighted by atomic mass is 32.1. The molecule has 0 radical (unpaired) electrons. The summed E-state index contributed by atoms with van der Waals surface area (Å²) in [5.74, 6) is 0.540. The maximum absolute atomic E-state index is 8.84. The fraction of sp³-hybridized carbons (Fsp3) is 0.524. The SMILES string of the molecule is CCCCCCCCCC/C=C/C=C/C=C/C=C/C(=C/O)CS. The van der Waals surface area contributed by atoms with E-state index < -0.39 is 0 Å². The Morgan fingerprint density at radius 2 is 1.35 bits per heavy atom. The molecule has 0 saturated heterocycles. The van der Waals surface area contributed by atoms with Crippen molar-refractivity contribution in [3.63, 3.8) is 0 Å². The molecule has 23 heavy (non-hydrogen) atoms. The van der Waals surface area contributed by atoms with Crippen LogP contribution in [0.15, 0.2) is 60.4 Å². The minimum atomic E-state index is 0.540. The lowest BCUT2D eigenvalue weighted by Crippen LogP contribution is -1.79. The summed E-state index contributed by atoms with van der Waals surface area (Å²) in [5, 5.41) is 8.84. The van der Waals surface area contributed by atoms with Crippen LogP contribution in [0, 0.1) is 0 Å². The van der Waals surface area contributed by atoms with Gasteiger partial charge in [-0.3, -0.25) is 0 Å². The van der Waals surface area contributed by atoms with Gasteiger partial charge in [0, 0.05) is 5.75 Å². The van der Waals surface area contributed by atoms with Gasteiger partial charge in [0.25, 0.3) is 0 Å². The first kappa shape index (κ1) is 21.9. The van der Waals surface area contributed by atoms with Crippen LogP contribution in [-0.2, 0) is 0 Å². The number of thiol groups is 1. The summed E-state index contributed by atoms with van der Waals surface area (Å²) in [4.78, 5) is 0. The van der Waals surface area contributed by atoms with E-state index in [0.29, 0.717) is 5.75 Å². The number of aliphatic hydroxyl groups excluding tert-OH is 1. The Labute approximate surface area is 149 Å². The summed E-state index contributed by atoms with van der Waals surface area (Å²) in [7, 11) is 0. The average molecular weight is 335 g/mol. The van der Waals surface area contributed by atoms with Gasteiger partial charge in [-0.15, -0.1) is 0 Å². The number of hydrogen-bond donors (Lipinski definition) is 2. The van der Waals surface area contributed by atoms with Crippen molar-refractivity contribution < 1.29 is 5.11 Å². The van der Waals surface area contributed by atoms with E-state index in [2.05, 4.69) is 37.8 Å². The topological polar surface area (TPSA) is 20.2 Å². The molecule has 0 bridgehead atoms. The first-order chi connectivity index (χ1) is 11.3. The van der Waals surface area contributed by atoms with Gasteiger partial charge in [-0.2, -0.15) is 12.6 Å². The lowest BCUT2D eigenvalue weighted by atomic mass is 10.1. The maximum atomic E-state index is 8.84. The standard InChI is InChI=1S/C21H34OS/c1-2-3-4-5-6-7-8-9-10-11-12-13-14-15-16-17-18-21(19-22)20-23/h11-19,22-23H,2-10,20H2,1H3/b12-11+,14-13+,16-15+,18-17+,21-19-. The van der Waals surface area contributed by atoms with E-state index >= 15 is 0 Å². The highest BCUT2D eigenvalue weighted by Crippen LogP contribution is 2.09. The Hall–Kier alpha value is -1.15. The molecule has 0 amide bonds. The molecule has 0 aliphatic heterocycles. The van der Waals surface area contributed by atoms with Gasteiger partial charge in [0.05, 0.1) is 6.26 Å². The third-order valence-electron chi connectivity index (χ3n) is 3.57. The second-order valence-corrected chi connectivity index (χ2v) is 6.00. The zero-order valence-electron chi connectivity index (χ0n) is 14.7. The van der Waals surface area contributed by atoms with Crippen molar-refractivity contribution in [2.75, 3.05) is 5.75 Å². The lowest BCUT2D eigenvalue weighted by Gasteiger charge is -1.99. The predicted molar refractivity (Wildman–Crippen MR) is 108 cm³/mol. The van der Waals surface area contributed by atoms with Gasteiger partial charge in [0.2, 0.25) is 0 Å². The highest BCUT2D eigenvalue weighted by Gasteiger charge is 1.90. The van der Waals surface area contributed by atoms with Crippen LogP contribution in [-0.4, -0.2) is 10.9 Å². The molecule has 0 fully saturated rings. The molecule has 0 aliphatic rings. The molecule has 0 aromatic carbocycles. The van der Waals surface area contributed by atoms with Crippen molar-refractivity contribution in [2.24, 2.45) is 0 Å². The third kappa shape index (κ3) is 17.0. The molecule has 1 N–H and O–H groups in total. The van der Waals surface area contributed by atoms with E-state index in [9.17, 15) is 0 Å². The quantitative estimate of drug-likeness (QED) is 0.150. The second kappa shape index (κ2) is 18.9. The average Bonchev–Trinajstić information content (AvgIpc) is 2.58. The van der Waals surface area contributed by atoms with E-state index in [1.807, 2.05) is 30.4 Å². The summed E-state index contributed by atoms with van der Waals surface area (Å²) >= 11 is 4.10. The molecule has 0 aromatic rings. The summed E-state index contributed by atoms with van der Waals surface area (Å²) in [6.45, 7) is 2.27. The third-order valence-corrected chi connectivity index (χ3v) is 3.94. The molecule has 0 aromatic heterocycles. The number of hydrogen-bond acceptors (Lipinski definition) is 2. The molecule has 0 rings (SSSR count). The van der Waals surface area contributed by atoms with Gasteiger partial charge in [-0.05, 0) is 18.4 Å². The van der Waals surface area contributed by atoms with Gasteiger partial charge < -0.3 is 5.11 Å². The van der Waals surface area contributed by atoms with Crippen molar-refractivity contribution in [1.29, 1.82) is 0 Å². The maximum Gasteiger partial charge on any atom is 0.0831 e. The Bertz CT molecular complexity index is 389. The molecule has 0 atom stereocenters. The minimum absolute atomic E-state index is 0.540. The van der Waals surface area contributed by atoms with Crippen LogP contribution in [0.5, 0.6) is 0 Å².